The lowest BCUT2D eigenvalue weighted by Gasteiger charge is -2.31. The number of primary amides is 2. The SMILES string of the molecule is NC(=O)CC[C@H](NC(=O)[C@@H]1CCCN1C(=O)[C@H](CC(=O)O)NC(=O)[C@H](CCCN=C(N)N)NC(=O)[C@@H]1CCCN1C(=O)[C@H](CC(N)=O)NC(=O)[C@H](Cc1c[nH]c2ccccc12)NC(=O)[C@H](CO)NC(=O)[C@@H](N)CCC(=O)O)C(=O)N[C@@H](Cc1ccccc1)C(=O)O. The topological polar surface area (TPSA) is 569 Å². The van der Waals surface area contributed by atoms with Gasteiger partial charge in [-0.05, 0) is 68.6 Å². The van der Waals surface area contributed by atoms with Gasteiger partial charge in [0.25, 0.3) is 0 Å². The van der Waals surface area contributed by atoms with Crippen molar-refractivity contribution in [1.82, 2.24) is 52.0 Å². The zero-order valence-corrected chi connectivity index (χ0v) is 49.5. The summed E-state index contributed by atoms with van der Waals surface area (Å²) < 4.78 is 0. The van der Waals surface area contributed by atoms with E-state index in [0.717, 1.165) is 9.80 Å². The van der Waals surface area contributed by atoms with Crippen molar-refractivity contribution in [2.45, 2.75) is 150 Å². The number of aromatic amines is 1. The number of aliphatic imine (C=N–C) groups is 1. The molecule has 494 valence electrons. The van der Waals surface area contributed by atoms with E-state index in [4.69, 9.17) is 33.8 Å². The fourth-order valence-electron chi connectivity index (χ4n) is 10.4. The molecule has 0 bridgehead atoms. The van der Waals surface area contributed by atoms with Crippen molar-refractivity contribution in [1.29, 1.82) is 0 Å². The van der Waals surface area contributed by atoms with Gasteiger partial charge >= 0.3 is 17.9 Å². The van der Waals surface area contributed by atoms with Crippen LogP contribution in [-0.2, 0) is 80.0 Å². The smallest absolute Gasteiger partial charge is 0.326 e. The maximum absolute atomic E-state index is 14.6. The first-order valence-corrected chi connectivity index (χ1v) is 29.1. The molecule has 34 heteroatoms. The van der Waals surface area contributed by atoms with Crippen LogP contribution in [0.2, 0.25) is 0 Å². The van der Waals surface area contributed by atoms with Crippen LogP contribution in [0.4, 0.5) is 0 Å². The van der Waals surface area contributed by atoms with Crippen molar-refractivity contribution >= 4 is 99.7 Å². The standard InChI is InChI=1S/C57H78N16O18/c58-32(16-19-45(77)78)47(81)71-40(28-74)51(85)67-36(24-30-27-64-33-12-5-4-11-31(30)33)50(84)68-37(25-44(60)76)54(88)72-21-7-14-41(72)52(86)65-34(13-6-20-63-57(61)62)48(82)69-38(26-46(79)80)55(89)73-22-8-15-42(73)53(87)66-35(17-18-43(59)75)49(83)70-39(56(90)91)23-29-9-2-1-3-10-29/h1-5,9-12,27,32,34-42,64,74H,6-8,13-26,28,58H2,(H2,59,75)(H2,60,76)(H,65,86)(H,66,87)(H,67,85)(H,68,84)(H,69,82)(H,70,83)(H,71,81)(H,77,78)(H,79,80)(H,90,91)(H4,61,62,63)/t32-,34-,35-,36-,37-,38-,39-,40-,41-,42-/m0/s1. The molecule has 3 aromatic rings. The van der Waals surface area contributed by atoms with E-state index in [1.165, 1.54) is 0 Å². The zero-order valence-electron chi connectivity index (χ0n) is 49.5. The highest BCUT2D eigenvalue weighted by Crippen LogP contribution is 2.24. The second-order valence-electron chi connectivity index (χ2n) is 21.8. The Morgan fingerprint density at radius 3 is 1.60 bits per heavy atom. The van der Waals surface area contributed by atoms with Crippen LogP contribution in [0, 0.1) is 0 Å². The van der Waals surface area contributed by atoms with Gasteiger partial charge < -0.3 is 101 Å². The van der Waals surface area contributed by atoms with Gasteiger partial charge in [0.05, 0.1) is 25.5 Å². The van der Waals surface area contributed by atoms with Gasteiger partial charge in [-0.1, -0.05) is 48.5 Å². The number of guanidine groups is 1. The second kappa shape index (κ2) is 34.5. The highest BCUT2D eigenvalue weighted by Gasteiger charge is 2.43. The maximum atomic E-state index is 14.6. The van der Waals surface area contributed by atoms with Crippen LogP contribution >= 0.6 is 0 Å². The Bertz CT molecular complexity index is 3190. The number of carbonyl (C=O) groups is 14. The minimum atomic E-state index is -1.91. The summed E-state index contributed by atoms with van der Waals surface area (Å²) >= 11 is 0. The molecule has 0 unspecified atom stereocenters. The number of carboxylic acid groups (broad SMARTS) is 3. The molecule has 11 amide bonds. The summed E-state index contributed by atoms with van der Waals surface area (Å²) in [6, 6.07) is -0.785. The summed E-state index contributed by atoms with van der Waals surface area (Å²) in [6.07, 6.45) is -2.51. The number of H-pyrrole nitrogens is 1. The predicted octanol–water partition coefficient (Wildman–Crippen LogP) is -5.73. The monoisotopic (exact) mass is 1270 g/mol. The van der Waals surface area contributed by atoms with Gasteiger partial charge in [-0.15, -0.1) is 0 Å². The number of nitrogens with two attached hydrogens (primary N) is 5. The lowest BCUT2D eigenvalue weighted by Crippen LogP contribution is -2.61. The highest BCUT2D eigenvalue weighted by molar-refractivity contribution is 6.01. The number of carbonyl (C=O) groups excluding carboxylic acids is 11. The first kappa shape index (κ1) is 71.5. The average Bonchev–Trinajstić information content (AvgIpc) is 1.82. The van der Waals surface area contributed by atoms with Gasteiger partial charge in [-0.3, -0.25) is 67.3 Å². The lowest BCUT2D eigenvalue weighted by molar-refractivity contribution is -0.146. The third kappa shape index (κ3) is 21.8. The van der Waals surface area contributed by atoms with Crippen molar-refractivity contribution in [2.75, 3.05) is 26.2 Å². The molecule has 0 saturated carbocycles. The number of para-hydroxylation sites is 1. The lowest BCUT2D eigenvalue weighted by atomic mass is 10.0. The third-order valence-electron chi connectivity index (χ3n) is 15.0. The molecular formula is C57H78N16O18. The molecule has 0 aliphatic carbocycles. The number of aliphatic hydroxyl groups excluding tert-OH is 1. The predicted molar refractivity (Wildman–Crippen MR) is 319 cm³/mol. The van der Waals surface area contributed by atoms with E-state index in [0.29, 0.717) is 22.0 Å². The van der Waals surface area contributed by atoms with Gasteiger partial charge in [-0.2, -0.15) is 0 Å². The van der Waals surface area contributed by atoms with Crippen molar-refractivity contribution in [3.63, 3.8) is 0 Å². The van der Waals surface area contributed by atoms with E-state index < -0.39 is 176 Å². The Morgan fingerprint density at radius 1 is 0.549 bits per heavy atom. The number of aliphatic carboxylic acids is 3. The van der Waals surface area contributed by atoms with Crippen LogP contribution in [0.15, 0.2) is 65.8 Å². The van der Waals surface area contributed by atoms with Crippen LogP contribution in [0.3, 0.4) is 0 Å². The molecule has 2 aromatic carbocycles. The summed E-state index contributed by atoms with van der Waals surface area (Å²) in [7, 11) is 0. The molecule has 91 heavy (non-hydrogen) atoms. The van der Waals surface area contributed by atoms with Gasteiger partial charge in [0, 0.05) is 62.4 Å². The van der Waals surface area contributed by atoms with Crippen molar-refractivity contribution in [3.05, 3.63) is 71.9 Å². The number of aromatic nitrogens is 1. The van der Waals surface area contributed by atoms with Crippen LogP contribution in [0.25, 0.3) is 10.9 Å². The fraction of sp³-hybridized carbons (Fsp3) is 0.491. The largest absolute Gasteiger partial charge is 0.481 e. The van der Waals surface area contributed by atoms with Crippen LogP contribution < -0.4 is 65.9 Å². The van der Waals surface area contributed by atoms with E-state index in [1.54, 1.807) is 60.8 Å². The quantitative estimate of drug-likeness (QED) is 0.0147. The second-order valence-corrected chi connectivity index (χ2v) is 21.8. The molecule has 2 aliphatic heterocycles. The number of nitrogens with zero attached hydrogens (tertiary/aromatic N) is 3. The molecule has 2 aliphatic rings. The minimum Gasteiger partial charge on any atom is -0.481 e. The number of hydrogen-bond donors (Lipinski definition) is 17. The minimum absolute atomic E-state index is 0.0197. The first-order valence-electron chi connectivity index (χ1n) is 29.1. The van der Waals surface area contributed by atoms with E-state index in [2.05, 4.69) is 47.2 Å². The Labute approximate surface area is 519 Å². The van der Waals surface area contributed by atoms with E-state index in [9.17, 15) is 82.4 Å². The number of likely N-dealkylation sites (tertiary alicyclic amines) is 2. The van der Waals surface area contributed by atoms with Crippen molar-refractivity contribution in [3.8, 4) is 0 Å². The molecule has 3 heterocycles. The molecule has 2 fully saturated rings. The summed E-state index contributed by atoms with van der Waals surface area (Å²) in [5.74, 6) is -15.8. The molecule has 1 aromatic heterocycles. The molecule has 2 saturated heterocycles. The summed E-state index contributed by atoms with van der Waals surface area (Å²) in [5.41, 5.74) is 29.4. The van der Waals surface area contributed by atoms with Crippen LogP contribution in [0.1, 0.15) is 88.2 Å². The van der Waals surface area contributed by atoms with Gasteiger partial charge in [0.1, 0.15) is 54.4 Å². The van der Waals surface area contributed by atoms with Crippen molar-refractivity contribution in [2.24, 2.45) is 33.7 Å². The number of aliphatic hydroxyl groups is 1. The Kier molecular flexibility index (Phi) is 27.1. The molecule has 34 nitrogen and oxygen atoms in total. The maximum Gasteiger partial charge on any atom is 0.326 e. The molecule has 10 atom stereocenters. The number of nitrogens with one attached hydrogen (secondary N) is 8. The number of rotatable bonds is 36. The number of fused-ring (bicyclic) bond motifs is 1. The van der Waals surface area contributed by atoms with Gasteiger partial charge in [0.2, 0.25) is 65.0 Å². The Morgan fingerprint density at radius 2 is 1.07 bits per heavy atom. The Balaban J connectivity index is 1.35. The summed E-state index contributed by atoms with van der Waals surface area (Å²) in [4.78, 5) is 196. The van der Waals surface area contributed by atoms with E-state index in [-0.39, 0.29) is 89.8 Å². The van der Waals surface area contributed by atoms with E-state index in [1.807, 2.05) is 0 Å². The highest BCUT2D eigenvalue weighted by atomic mass is 16.4. The van der Waals surface area contributed by atoms with E-state index >= 15 is 0 Å². The fourth-order valence-corrected chi connectivity index (χ4v) is 10.4. The van der Waals surface area contributed by atoms with Crippen LogP contribution in [0.5, 0.6) is 0 Å². The number of amides is 11. The normalized spacial score (nSPS) is 17.0. The summed E-state index contributed by atoms with van der Waals surface area (Å²) in [6.45, 7) is -1.43. The zero-order chi connectivity index (χ0) is 67.1. The van der Waals surface area contributed by atoms with Gasteiger partial charge in [-0.25, -0.2) is 4.79 Å². The molecule has 22 N–H and O–H groups in total. The van der Waals surface area contributed by atoms with Gasteiger partial charge in [0.15, 0.2) is 5.96 Å². The first-order chi connectivity index (χ1) is 43.2. The molecule has 5 rings (SSSR count). The molecule has 0 radical (unpaired) electrons. The van der Waals surface area contributed by atoms with Crippen molar-refractivity contribution < 1.29 is 87.5 Å². The molecular weight excluding hydrogens is 1200 g/mol. The Hall–Kier alpha value is -10.3. The molecule has 0 spiro atoms. The number of carboxylic acids is 3. The summed E-state index contributed by atoms with van der Waals surface area (Å²) in [5, 5.41) is 56.6. The average molecular weight is 1280 g/mol. The third-order valence-corrected chi connectivity index (χ3v) is 15.0. The number of hydrogen-bond acceptors (Lipinski definition) is 17. The van der Waals surface area contributed by atoms with Crippen LogP contribution in [-0.4, -0.2) is 211 Å². The number of benzene rings is 2.